The van der Waals surface area contributed by atoms with Crippen LogP contribution in [0.15, 0.2) is 40.2 Å². The lowest BCUT2D eigenvalue weighted by atomic mass is 9.90. The van der Waals surface area contributed by atoms with Crippen LogP contribution >= 0.6 is 0 Å². The lowest BCUT2D eigenvalue weighted by Gasteiger charge is -2.32. The highest BCUT2D eigenvalue weighted by Gasteiger charge is 2.45. The molecule has 1 unspecified atom stereocenters. The summed E-state index contributed by atoms with van der Waals surface area (Å²) in [6, 6.07) is 0.977. The van der Waals surface area contributed by atoms with E-state index in [1.807, 2.05) is 20.8 Å². The Balaban J connectivity index is 1.95. The van der Waals surface area contributed by atoms with Crippen LogP contribution in [0.25, 0.3) is 11.5 Å². The molecule has 1 aromatic rings. The molecular weight excluding hydrogens is 364 g/mol. The number of hydrogen-bond donors (Lipinski definition) is 1. The first-order chi connectivity index (χ1) is 13.1. The second-order valence-electron chi connectivity index (χ2n) is 8.74. The molecule has 5 nitrogen and oxygen atoms in total. The number of hydrogen-bond acceptors (Lipinski definition) is 3. The molecule has 0 fully saturated rings. The second kappa shape index (κ2) is 6.15. The predicted octanol–water partition coefficient (Wildman–Crippen LogP) is 3.24. The molecule has 1 amide bonds. The molecule has 0 saturated heterocycles. The van der Waals surface area contributed by atoms with Crippen molar-refractivity contribution >= 4 is 17.4 Å². The third kappa shape index (κ3) is 2.72. The minimum absolute atomic E-state index is 0.0465. The molecule has 7 heteroatoms. The van der Waals surface area contributed by atoms with Gasteiger partial charge in [-0.15, -0.1) is 0 Å². The van der Waals surface area contributed by atoms with Crippen molar-refractivity contribution in [2.45, 2.75) is 39.7 Å². The highest BCUT2D eigenvalue weighted by atomic mass is 19.1. The lowest BCUT2D eigenvalue weighted by molar-refractivity contribution is -0.133. The van der Waals surface area contributed by atoms with Crippen LogP contribution in [0.4, 0.5) is 8.78 Å². The van der Waals surface area contributed by atoms with Crippen molar-refractivity contribution in [2.24, 2.45) is 12.5 Å². The SMILES string of the molecule is Cn1ccc2c(c1=O)C1=C3C(=C(F)N(C(=O)CC(C)(C)C)C3CCN1)C=C2F. The van der Waals surface area contributed by atoms with Crippen molar-refractivity contribution in [1.82, 2.24) is 14.8 Å². The minimum atomic E-state index is -0.741. The number of nitrogens with one attached hydrogen (secondary N) is 1. The zero-order valence-corrected chi connectivity index (χ0v) is 16.4. The maximum Gasteiger partial charge on any atom is 0.260 e. The molecule has 148 valence electrons. The standard InChI is InChI=1S/C21H23F2N3O2/c1-21(2,3)10-15(27)26-14-5-7-24-18-16(14)12(19(26)23)9-13(22)11-6-8-25(4)20(28)17(11)18/h6,8-9,14,24H,5,7,10H2,1-4H3. The van der Waals surface area contributed by atoms with Crippen molar-refractivity contribution in [3.63, 3.8) is 0 Å². The summed E-state index contributed by atoms with van der Waals surface area (Å²) in [6.07, 6.45) is 3.26. The van der Waals surface area contributed by atoms with Gasteiger partial charge in [0.15, 0.2) is 0 Å². The maximum atomic E-state index is 15.4. The molecule has 0 saturated carbocycles. The summed E-state index contributed by atoms with van der Waals surface area (Å²) in [4.78, 5) is 26.8. The minimum Gasteiger partial charge on any atom is -0.384 e. The Morgan fingerprint density at radius 2 is 2.04 bits per heavy atom. The first-order valence-electron chi connectivity index (χ1n) is 9.38. The number of rotatable bonds is 1. The molecule has 0 radical (unpaired) electrons. The molecule has 28 heavy (non-hydrogen) atoms. The van der Waals surface area contributed by atoms with Crippen LogP contribution in [0.1, 0.15) is 44.7 Å². The Morgan fingerprint density at radius 3 is 2.71 bits per heavy atom. The third-order valence-electron chi connectivity index (χ3n) is 5.35. The van der Waals surface area contributed by atoms with E-state index in [2.05, 4.69) is 5.32 Å². The number of nitrogens with zero attached hydrogens (tertiary/aromatic N) is 2. The van der Waals surface area contributed by atoms with Crippen LogP contribution in [0.5, 0.6) is 0 Å². The van der Waals surface area contributed by atoms with E-state index in [4.69, 9.17) is 0 Å². The maximum absolute atomic E-state index is 15.4. The number of fused-ring (bicyclic) bond motifs is 2. The smallest absolute Gasteiger partial charge is 0.260 e. The molecule has 0 bridgehead atoms. The van der Waals surface area contributed by atoms with Crippen molar-refractivity contribution in [3.05, 3.63) is 56.9 Å². The quantitative estimate of drug-likeness (QED) is 0.753. The van der Waals surface area contributed by atoms with Crippen LogP contribution in [0, 0.1) is 5.41 Å². The molecule has 0 spiro atoms. The predicted molar refractivity (Wildman–Crippen MR) is 103 cm³/mol. The normalized spacial score (nSPS) is 21.1. The number of halogens is 2. The fraction of sp³-hybridized carbons (Fsp3) is 0.429. The van der Waals surface area contributed by atoms with E-state index in [0.717, 1.165) is 11.0 Å². The summed E-state index contributed by atoms with van der Waals surface area (Å²) in [5.41, 5.74) is 0.617. The van der Waals surface area contributed by atoms with Crippen molar-refractivity contribution in [1.29, 1.82) is 0 Å². The van der Waals surface area contributed by atoms with Gasteiger partial charge in [0.05, 0.1) is 17.3 Å². The van der Waals surface area contributed by atoms with E-state index in [0.29, 0.717) is 24.2 Å². The lowest BCUT2D eigenvalue weighted by Crippen LogP contribution is -2.42. The molecule has 1 N–H and O–H groups in total. The number of pyridine rings is 1. The highest BCUT2D eigenvalue weighted by Crippen LogP contribution is 2.46. The van der Waals surface area contributed by atoms with Gasteiger partial charge < -0.3 is 9.88 Å². The summed E-state index contributed by atoms with van der Waals surface area (Å²) in [5, 5.41) is 3.16. The van der Waals surface area contributed by atoms with E-state index in [1.165, 1.54) is 16.8 Å². The average molecular weight is 387 g/mol. The van der Waals surface area contributed by atoms with Gasteiger partial charge in [-0.2, -0.15) is 4.39 Å². The molecule has 2 aliphatic heterocycles. The Morgan fingerprint density at radius 1 is 1.32 bits per heavy atom. The zero-order valence-electron chi connectivity index (χ0n) is 16.4. The van der Waals surface area contributed by atoms with E-state index >= 15 is 4.39 Å². The van der Waals surface area contributed by atoms with E-state index in [1.54, 1.807) is 7.05 Å². The summed E-state index contributed by atoms with van der Waals surface area (Å²) in [7, 11) is 1.59. The monoisotopic (exact) mass is 387 g/mol. The zero-order chi connectivity index (χ0) is 20.4. The van der Waals surface area contributed by atoms with Gasteiger partial charge in [0.25, 0.3) is 5.56 Å². The molecule has 3 heterocycles. The molecule has 1 atom stereocenters. The van der Waals surface area contributed by atoms with Crippen LogP contribution in [0.3, 0.4) is 0 Å². The van der Waals surface area contributed by atoms with Gasteiger partial charge in [-0.3, -0.25) is 14.5 Å². The second-order valence-corrected chi connectivity index (χ2v) is 8.74. The van der Waals surface area contributed by atoms with Gasteiger partial charge in [-0.25, -0.2) is 4.39 Å². The number of carbonyl (C=O) groups is 1. The summed E-state index contributed by atoms with van der Waals surface area (Å²) in [6.45, 7) is 6.20. The van der Waals surface area contributed by atoms with Crippen LogP contribution in [0.2, 0.25) is 0 Å². The third-order valence-corrected chi connectivity index (χ3v) is 5.35. The van der Waals surface area contributed by atoms with Gasteiger partial charge in [-0.05, 0) is 24.0 Å². The average Bonchev–Trinajstić information content (AvgIpc) is 2.79. The van der Waals surface area contributed by atoms with Gasteiger partial charge in [0, 0.05) is 42.9 Å². The Kier molecular flexibility index (Phi) is 4.10. The molecule has 0 aromatic carbocycles. The number of amides is 1. The largest absolute Gasteiger partial charge is 0.384 e. The topological polar surface area (TPSA) is 54.3 Å². The van der Waals surface area contributed by atoms with Gasteiger partial charge >= 0.3 is 0 Å². The first kappa shape index (κ1) is 18.7. The van der Waals surface area contributed by atoms with Crippen LogP contribution < -0.4 is 10.9 Å². The number of allylic oxidation sites excluding steroid dienone is 1. The van der Waals surface area contributed by atoms with Crippen molar-refractivity contribution in [2.75, 3.05) is 6.54 Å². The van der Waals surface area contributed by atoms with E-state index < -0.39 is 17.8 Å². The summed E-state index contributed by atoms with van der Waals surface area (Å²) >= 11 is 0. The Hall–Kier alpha value is -2.70. The number of carbonyl (C=O) groups excluding carboxylic acids is 1. The molecule has 1 aromatic heterocycles. The van der Waals surface area contributed by atoms with Crippen molar-refractivity contribution < 1.29 is 13.6 Å². The molecular formula is C21H23F2N3O2. The summed E-state index contributed by atoms with van der Waals surface area (Å²) < 4.78 is 31.7. The molecule has 4 rings (SSSR count). The summed E-state index contributed by atoms with van der Waals surface area (Å²) in [5.74, 6) is -1.76. The van der Waals surface area contributed by atoms with Gasteiger partial charge in [-0.1, -0.05) is 20.8 Å². The fourth-order valence-corrected chi connectivity index (χ4v) is 4.15. The number of aryl methyl sites for hydroxylation is 1. The fourth-order valence-electron chi connectivity index (χ4n) is 4.15. The number of aromatic nitrogens is 1. The Labute approximate surface area is 162 Å². The molecule has 1 aliphatic carbocycles. The Bertz CT molecular complexity index is 1040. The van der Waals surface area contributed by atoms with Crippen LogP contribution in [-0.2, 0) is 11.8 Å². The van der Waals surface area contributed by atoms with Crippen LogP contribution in [-0.4, -0.2) is 28.0 Å². The highest BCUT2D eigenvalue weighted by molar-refractivity contribution is 5.90. The van der Waals surface area contributed by atoms with Gasteiger partial charge in [0.1, 0.15) is 5.83 Å². The van der Waals surface area contributed by atoms with Crippen molar-refractivity contribution in [3.8, 4) is 0 Å². The van der Waals surface area contributed by atoms with Gasteiger partial charge in [0.2, 0.25) is 11.9 Å². The first-order valence-corrected chi connectivity index (χ1v) is 9.38. The van der Waals surface area contributed by atoms with E-state index in [-0.39, 0.29) is 40.0 Å². The molecule has 3 aliphatic rings. The van der Waals surface area contributed by atoms with E-state index in [9.17, 15) is 14.0 Å².